The number of benzene rings is 1. The zero-order valence-electron chi connectivity index (χ0n) is 31.4. The summed E-state index contributed by atoms with van der Waals surface area (Å²) in [5, 5.41) is 14.6. The maximum absolute atomic E-state index is 13.6. The molecular formula is C37H42N14O5. The van der Waals surface area contributed by atoms with Crippen molar-refractivity contribution >= 4 is 57.7 Å². The summed E-state index contributed by atoms with van der Waals surface area (Å²) in [5.74, 6) is 4.55. The Balaban J connectivity index is 1.25. The number of ether oxygens (including phenoxy) is 1. The number of nitrogens with one attached hydrogen (secondary N) is 3. The predicted molar refractivity (Wildman–Crippen MR) is 206 cm³/mol. The summed E-state index contributed by atoms with van der Waals surface area (Å²) in [6, 6.07) is 8.08. The van der Waals surface area contributed by atoms with E-state index < -0.39 is 23.6 Å². The lowest BCUT2D eigenvalue weighted by Crippen LogP contribution is -2.30. The number of imidazole rings is 2. The van der Waals surface area contributed by atoms with E-state index in [-0.39, 0.29) is 36.1 Å². The Labute approximate surface area is 320 Å². The van der Waals surface area contributed by atoms with E-state index in [1.54, 1.807) is 49.7 Å². The largest absolute Gasteiger partial charge is 0.491 e. The Morgan fingerprint density at radius 1 is 0.804 bits per heavy atom. The monoisotopic (exact) mass is 762 g/mol. The molecule has 0 saturated heterocycles. The minimum Gasteiger partial charge on any atom is -0.491 e. The number of rotatable bonds is 15. The molecular weight excluding hydrogens is 720 g/mol. The fourth-order valence-electron chi connectivity index (χ4n) is 6.36. The number of pyridine rings is 1. The number of anilines is 2. The van der Waals surface area contributed by atoms with Crippen LogP contribution in [-0.4, -0.2) is 73.9 Å². The van der Waals surface area contributed by atoms with Gasteiger partial charge in [-0.15, -0.1) is 0 Å². The molecule has 1 aromatic carbocycles. The SMILES string of the molecule is CCn1nc(C)cc1C(=O)Nc1nc2cc(C(=O)NN)cnc2n1C/C=C/Cn1c(NC(=O)c2cc(C)nn2CC)nc2cc(C(N)=O)cc(OCC3CC3)c21. The lowest BCUT2D eigenvalue weighted by molar-refractivity contribution is 0.0950. The number of aromatic nitrogens is 9. The molecule has 290 valence electrons. The molecule has 0 atom stereocenters. The lowest BCUT2D eigenvalue weighted by Gasteiger charge is -2.13. The van der Waals surface area contributed by atoms with Crippen molar-refractivity contribution in [3.8, 4) is 5.75 Å². The third kappa shape index (κ3) is 7.56. The highest BCUT2D eigenvalue weighted by atomic mass is 16.5. The van der Waals surface area contributed by atoms with Gasteiger partial charge in [-0.1, -0.05) is 12.2 Å². The molecule has 0 bridgehead atoms. The van der Waals surface area contributed by atoms with E-state index >= 15 is 0 Å². The minimum atomic E-state index is -0.639. The first-order valence-electron chi connectivity index (χ1n) is 18.2. The second kappa shape index (κ2) is 15.5. The predicted octanol–water partition coefficient (Wildman–Crippen LogP) is 3.08. The average molecular weight is 763 g/mol. The molecule has 0 unspecified atom stereocenters. The van der Waals surface area contributed by atoms with Crippen LogP contribution in [-0.2, 0) is 26.2 Å². The van der Waals surface area contributed by atoms with Crippen molar-refractivity contribution in [1.29, 1.82) is 0 Å². The van der Waals surface area contributed by atoms with Crippen molar-refractivity contribution < 1.29 is 23.9 Å². The van der Waals surface area contributed by atoms with Crippen LogP contribution in [0.4, 0.5) is 11.9 Å². The van der Waals surface area contributed by atoms with Crippen LogP contribution in [0.3, 0.4) is 0 Å². The fraction of sp³-hybridized carbons (Fsp3) is 0.324. The van der Waals surface area contributed by atoms with E-state index in [2.05, 4.69) is 36.2 Å². The molecule has 1 aliphatic carbocycles. The Morgan fingerprint density at radius 3 is 1.95 bits per heavy atom. The average Bonchev–Trinajstić information content (AvgIpc) is 3.47. The number of nitrogens with two attached hydrogens (primary N) is 2. The molecule has 0 aliphatic heterocycles. The number of aryl methyl sites for hydroxylation is 4. The smallest absolute Gasteiger partial charge is 0.276 e. The van der Waals surface area contributed by atoms with Crippen LogP contribution in [0.25, 0.3) is 22.2 Å². The molecule has 6 aromatic rings. The van der Waals surface area contributed by atoms with E-state index in [1.807, 2.05) is 32.9 Å². The van der Waals surface area contributed by atoms with Gasteiger partial charge in [0.15, 0.2) is 5.65 Å². The molecule has 19 nitrogen and oxygen atoms in total. The van der Waals surface area contributed by atoms with E-state index in [4.69, 9.17) is 21.3 Å². The van der Waals surface area contributed by atoms with E-state index in [0.29, 0.717) is 76.3 Å². The number of allylic oxidation sites excluding steroid dienone is 2. The van der Waals surface area contributed by atoms with Gasteiger partial charge < -0.3 is 15.0 Å². The summed E-state index contributed by atoms with van der Waals surface area (Å²) in [7, 11) is 0. The zero-order chi connectivity index (χ0) is 39.7. The Kier molecular flexibility index (Phi) is 10.3. The Hall–Kier alpha value is -6.89. The molecule has 0 spiro atoms. The zero-order valence-corrected chi connectivity index (χ0v) is 31.4. The maximum atomic E-state index is 13.6. The second-order valence-electron chi connectivity index (χ2n) is 13.4. The molecule has 5 aromatic heterocycles. The summed E-state index contributed by atoms with van der Waals surface area (Å²) in [6.45, 7) is 9.21. The van der Waals surface area contributed by atoms with Gasteiger partial charge in [-0.3, -0.25) is 49.2 Å². The normalized spacial score (nSPS) is 12.8. The van der Waals surface area contributed by atoms with Gasteiger partial charge >= 0.3 is 0 Å². The van der Waals surface area contributed by atoms with Crippen molar-refractivity contribution in [3.05, 3.63) is 82.6 Å². The number of carbonyl (C=O) groups is 4. The summed E-state index contributed by atoms with van der Waals surface area (Å²) < 4.78 is 12.9. The number of hydrogen-bond donors (Lipinski definition) is 5. The molecule has 5 heterocycles. The van der Waals surface area contributed by atoms with Gasteiger partial charge in [-0.2, -0.15) is 10.2 Å². The number of hydrogen-bond acceptors (Lipinski definition) is 11. The highest BCUT2D eigenvalue weighted by Gasteiger charge is 2.26. The van der Waals surface area contributed by atoms with Crippen molar-refractivity contribution in [2.75, 3.05) is 17.2 Å². The van der Waals surface area contributed by atoms with Gasteiger partial charge in [0.25, 0.3) is 17.7 Å². The Morgan fingerprint density at radius 2 is 1.38 bits per heavy atom. The number of nitrogens with zero attached hydrogens (tertiary/aromatic N) is 9. The van der Waals surface area contributed by atoms with Gasteiger partial charge in [0.1, 0.15) is 28.2 Å². The first-order valence-corrected chi connectivity index (χ1v) is 18.2. The molecule has 19 heteroatoms. The Bertz CT molecular complexity index is 2540. The van der Waals surface area contributed by atoms with E-state index in [9.17, 15) is 19.2 Å². The summed E-state index contributed by atoms with van der Waals surface area (Å²) in [5.41, 5.74) is 12.0. The van der Waals surface area contributed by atoms with Crippen molar-refractivity contribution in [1.82, 2.24) is 49.1 Å². The molecule has 56 heavy (non-hydrogen) atoms. The standard InChI is InChI=1S/C37H42N14O5/c1-5-50-27(13-20(3)46-50)34(54)43-36-41-25-15-23(31(38)52)17-29(56-19-22-9-10-22)30(25)48(36)11-7-8-12-49-32-26(16-24(18-40-32)33(53)45-39)42-37(49)44-35(55)28-14-21(4)47-51(28)6-2/h7-8,13-18,22H,5-6,9-12,19,39H2,1-4H3,(H2,38,52)(H,45,53)(H,41,43,54)(H,42,44,55)/b8-7+. The quantitative estimate of drug-likeness (QED) is 0.0440. The van der Waals surface area contributed by atoms with E-state index in [0.717, 1.165) is 12.8 Å². The molecule has 1 fully saturated rings. The van der Waals surface area contributed by atoms with Crippen molar-refractivity contribution in [2.24, 2.45) is 17.5 Å². The third-order valence-corrected chi connectivity index (χ3v) is 9.30. The highest BCUT2D eigenvalue weighted by molar-refractivity contribution is 6.05. The van der Waals surface area contributed by atoms with Gasteiger partial charge in [-0.05, 0) is 76.8 Å². The van der Waals surface area contributed by atoms with Crippen LogP contribution in [0.15, 0.2) is 48.7 Å². The van der Waals surface area contributed by atoms with Crippen molar-refractivity contribution in [3.63, 3.8) is 0 Å². The molecule has 7 rings (SSSR count). The summed E-state index contributed by atoms with van der Waals surface area (Å²) in [4.78, 5) is 65.6. The summed E-state index contributed by atoms with van der Waals surface area (Å²) >= 11 is 0. The molecule has 0 radical (unpaired) electrons. The maximum Gasteiger partial charge on any atom is 0.276 e. The first-order chi connectivity index (χ1) is 27.0. The van der Waals surface area contributed by atoms with Gasteiger partial charge in [0.05, 0.1) is 29.1 Å². The van der Waals surface area contributed by atoms with Crippen LogP contribution < -0.4 is 32.4 Å². The summed E-state index contributed by atoms with van der Waals surface area (Å²) in [6.07, 6.45) is 7.17. The van der Waals surface area contributed by atoms with Gasteiger partial charge in [0.2, 0.25) is 17.8 Å². The number of nitrogen functional groups attached to an aromatic ring is 1. The van der Waals surface area contributed by atoms with Crippen LogP contribution in [0.2, 0.25) is 0 Å². The number of hydrazine groups is 1. The molecule has 1 aliphatic rings. The van der Waals surface area contributed by atoms with Crippen LogP contribution in [0.5, 0.6) is 5.75 Å². The molecule has 4 amide bonds. The minimum absolute atomic E-state index is 0.188. The fourth-order valence-corrected chi connectivity index (χ4v) is 6.36. The number of amides is 4. The molecule has 7 N–H and O–H groups in total. The van der Waals surface area contributed by atoms with Crippen molar-refractivity contribution in [2.45, 2.75) is 66.7 Å². The topological polar surface area (TPSA) is 250 Å². The number of primary amides is 1. The highest BCUT2D eigenvalue weighted by Crippen LogP contribution is 2.34. The van der Waals surface area contributed by atoms with Crippen LogP contribution in [0, 0.1) is 19.8 Å². The van der Waals surface area contributed by atoms with Gasteiger partial charge in [-0.25, -0.2) is 20.8 Å². The first kappa shape index (κ1) is 37.4. The number of carbonyl (C=O) groups excluding carboxylic acids is 4. The van der Waals surface area contributed by atoms with Crippen LogP contribution in [0.1, 0.15) is 79.8 Å². The molecule has 1 saturated carbocycles. The van der Waals surface area contributed by atoms with Crippen LogP contribution >= 0.6 is 0 Å². The van der Waals surface area contributed by atoms with Gasteiger partial charge in [0, 0.05) is 37.9 Å². The van der Waals surface area contributed by atoms with E-state index in [1.165, 1.54) is 12.3 Å². The number of fused-ring (bicyclic) bond motifs is 2. The lowest BCUT2D eigenvalue weighted by atomic mass is 10.1. The third-order valence-electron chi connectivity index (χ3n) is 9.30. The second-order valence-corrected chi connectivity index (χ2v) is 13.4.